The number of rotatable bonds is 4. The summed E-state index contributed by atoms with van der Waals surface area (Å²) in [5.74, 6) is 0. The highest BCUT2D eigenvalue weighted by Crippen LogP contribution is 2.30. The Morgan fingerprint density at radius 3 is 2.76 bits per heavy atom. The molecule has 0 radical (unpaired) electrons. The third kappa shape index (κ3) is 2.64. The highest BCUT2D eigenvalue weighted by atomic mass is 16.6. The van der Waals surface area contributed by atoms with E-state index < -0.39 is 0 Å². The topological polar surface area (TPSA) is 81.0 Å². The number of hydrogen-bond donors (Lipinski definition) is 1. The first-order chi connectivity index (χ1) is 10.3. The van der Waals surface area contributed by atoms with Crippen LogP contribution in [0.5, 0.6) is 0 Å². The lowest BCUT2D eigenvalue weighted by molar-refractivity contribution is -0.383. The lowest BCUT2D eigenvalue weighted by atomic mass is 10.1. The zero-order valence-corrected chi connectivity index (χ0v) is 11.1. The molecule has 6 nitrogen and oxygen atoms in total. The number of fused-ring (bicyclic) bond motifs is 1. The van der Waals surface area contributed by atoms with Gasteiger partial charge in [0.05, 0.1) is 22.5 Å². The molecule has 0 aliphatic carbocycles. The van der Waals surface area contributed by atoms with Crippen LogP contribution in [-0.2, 0) is 6.54 Å². The standard InChI is InChI=1S/C15H12N4O2/c20-19(21)15-5-4-14(13-10-16-8-6-12(13)15)18-9-11-3-1-2-7-17-11/h1-8,10,18H,9H2. The number of pyridine rings is 2. The molecule has 0 aliphatic heterocycles. The quantitative estimate of drug-likeness (QED) is 0.586. The number of nitrogens with one attached hydrogen (secondary N) is 1. The Morgan fingerprint density at radius 2 is 2.00 bits per heavy atom. The number of nitro benzene ring substituents is 1. The summed E-state index contributed by atoms with van der Waals surface area (Å²) in [7, 11) is 0. The molecule has 3 aromatic rings. The lowest BCUT2D eigenvalue weighted by Gasteiger charge is -2.09. The first-order valence-electron chi connectivity index (χ1n) is 6.40. The lowest BCUT2D eigenvalue weighted by Crippen LogP contribution is -2.02. The fourth-order valence-corrected chi connectivity index (χ4v) is 2.18. The van der Waals surface area contributed by atoms with Gasteiger partial charge in [0.15, 0.2) is 0 Å². The second kappa shape index (κ2) is 5.54. The van der Waals surface area contributed by atoms with E-state index in [2.05, 4.69) is 15.3 Å². The van der Waals surface area contributed by atoms with Crippen molar-refractivity contribution in [2.45, 2.75) is 6.54 Å². The number of nitrogens with zero attached hydrogens (tertiary/aromatic N) is 3. The molecule has 2 heterocycles. The van der Waals surface area contributed by atoms with Crippen molar-refractivity contribution >= 4 is 22.1 Å². The predicted molar refractivity (Wildman–Crippen MR) is 80.0 cm³/mol. The minimum Gasteiger partial charge on any atom is -0.379 e. The summed E-state index contributed by atoms with van der Waals surface area (Å²) in [4.78, 5) is 19.0. The van der Waals surface area contributed by atoms with Gasteiger partial charge >= 0.3 is 0 Å². The van der Waals surface area contributed by atoms with Gasteiger partial charge in [-0.15, -0.1) is 0 Å². The molecule has 0 atom stereocenters. The largest absolute Gasteiger partial charge is 0.379 e. The van der Waals surface area contributed by atoms with Crippen LogP contribution >= 0.6 is 0 Å². The van der Waals surface area contributed by atoms with Gasteiger partial charge in [-0.2, -0.15) is 0 Å². The maximum Gasteiger partial charge on any atom is 0.277 e. The van der Waals surface area contributed by atoms with Crippen molar-refractivity contribution in [3.63, 3.8) is 0 Å². The van der Waals surface area contributed by atoms with Crippen molar-refractivity contribution in [3.05, 3.63) is 70.8 Å². The van der Waals surface area contributed by atoms with Crippen LogP contribution in [0.2, 0.25) is 0 Å². The van der Waals surface area contributed by atoms with Gasteiger partial charge in [0.1, 0.15) is 0 Å². The first-order valence-corrected chi connectivity index (χ1v) is 6.40. The second-order valence-electron chi connectivity index (χ2n) is 4.49. The van der Waals surface area contributed by atoms with Crippen molar-refractivity contribution in [1.82, 2.24) is 9.97 Å². The molecule has 104 valence electrons. The maximum absolute atomic E-state index is 11.1. The zero-order valence-electron chi connectivity index (χ0n) is 11.1. The Labute approximate surface area is 120 Å². The summed E-state index contributed by atoms with van der Waals surface area (Å²) < 4.78 is 0. The zero-order chi connectivity index (χ0) is 14.7. The van der Waals surface area contributed by atoms with Gasteiger partial charge in [-0.3, -0.25) is 20.1 Å². The molecule has 6 heteroatoms. The van der Waals surface area contributed by atoms with Crippen molar-refractivity contribution < 1.29 is 4.92 Å². The van der Waals surface area contributed by atoms with Crippen LogP contribution in [0, 0.1) is 10.1 Å². The fourth-order valence-electron chi connectivity index (χ4n) is 2.18. The van der Waals surface area contributed by atoms with Crippen LogP contribution in [0.15, 0.2) is 55.0 Å². The monoisotopic (exact) mass is 280 g/mol. The SMILES string of the molecule is O=[N+]([O-])c1ccc(NCc2ccccn2)c2cnccc12. The third-order valence-electron chi connectivity index (χ3n) is 3.18. The van der Waals surface area contributed by atoms with Crippen LogP contribution in [0.25, 0.3) is 10.8 Å². The number of anilines is 1. The average Bonchev–Trinajstić information content (AvgIpc) is 2.53. The smallest absolute Gasteiger partial charge is 0.277 e. The summed E-state index contributed by atoms with van der Waals surface area (Å²) in [6, 6.07) is 10.5. The normalized spacial score (nSPS) is 10.5. The Balaban J connectivity index is 1.96. The van der Waals surface area contributed by atoms with Crippen molar-refractivity contribution in [2.24, 2.45) is 0 Å². The predicted octanol–water partition coefficient (Wildman–Crippen LogP) is 3.15. The number of non-ortho nitro benzene ring substituents is 1. The van der Waals surface area contributed by atoms with Crippen molar-refractivity contribution in [3.8, 4) is 0 Å². The minimum atomic E-state index is -0.384. The number of aromatic nitrogens is 2. The van der Waals surface area contributed by atoms with E-state index in [1.54, 1.807) is 30.7 Å². The Bertz CT molecular complexity index is 790. The molecule has 0 bridgehead atoms. The van der Waals surface area contributed by atoms with Gasteiger partial charge in [0, 0.05) is 35.7 Å². The van der Waals surface area contributed by atoms with Crippen LogP contribution < -0.4 is 5.32 Å². The maximum atomic E-state index is 11.1. The summed E-state index contributed by atoms with van der Waals surface area (Å²) in [6.45, 7) is 0.544. The van der Waals surface area contributed by atoms with Gasteiger partial charge in [-0.1, -0.05) is 6.07 Å². The van der Waals surface area contributed by atoms with E-state index >= 15 is 0 Å². The van der Waals surface area contributed by atoms with E-state index in [9.17, 15) is 10.1 Å². The van der Waals surface area contributed by atoms with Crippen LogP contribution in [0.3, 0.4) is 0 Å². The highest BCUT2D eigenvalue weighted by Gasteiger charge is 2.13. The highest BCUT2D eigenvalue weighted by molar-refractivity contribution is 5.99. The van der Waals surface area contributed by atoms with Gasteiger partial charge in [0.2, 0.25) is 0 Å². The molecule has 0 fully saturated rings. The molecule has 0 saturated heterocycles. The van der Waals surface area contributed by atoms with Gasteiger partial charge in [-0.25, -0.2) is 0 Å². The fraction of sp³-hybridized carbons (Fsp3) is 0.0667. The molecular formula is C15H12N4O2. The molecule has 0 amide bonds. The summed E-state index contributed by atoms with van der Waals surface area (Å²) >= 11 is 0. The average molecular weight is 280 g/mol. The van der Waals surface area contributed by atoms with E-state index in [0.717, 1.165) is 16.8 Å². The van der Waals surface area contributed by atoms with E-state index in [4.69, 9.17) is 0 Å². The molecule has 1 N–H and O–H groups in total. The molecule has 0 aliphatic rings. The molecule has 21 heavy (non-hydrogen) atoms. The van der Waals surface area contributed by atoms with Crippen LogP contribution in [0.4, 0.5) is 11.4 Å². The van der Waals surface area contributed by atoms with Gasteiger partial charge in [-0.05, 0) is 24.3 Å². The number of hydrogen-bond acceptors (Lipinski definition) is 5. The summed E-state index contributed by atoms with van der Waals surface area (Å²) in [5.41, 5.74) is 1.78. The van der Waals surface area contributed by atoms with Gasteiger partial charge < -0.3 is 5.32 Å². The number of nitro groups is 1. The second-order valence-corrected chi connectivity index (χ2v) is 4.49. The van der Waals surface area contributed by atoms with E-state index in [1.807, 2.05) is 18.2 Å². The Kier molecular flexibility index (Phi) is 3.42. The van der Waals surface area contributed by atoms with E-state index in [1.165, 1.54) is 6.07 Å². The molecule has 2 aromatic heterocycles. The third-order valence-corrected chi connectivity index (χ3v) is 3.18. The van der Waals surface area contributed by atoms with E-state index in [0.29, 0.717) is 11.9 Å². The van der Waals surface area contributed by atoms with Crippen molar-refractivity contribution in [1.29, 1.82) is 0 Å². The van der Waals surface area contributed by atoms with Gasteiger partial charge in [0.25, 0.3) is 5.69 Å². The Hall–Kier alpha value is -3.02. The van der Waals surface area contributed by atoms with Crippen LogP contribution in [0.1, 0.15) is 5.69 Å². The minimum absolute atomic E-state index is 0.0794. The first kappa shape index (κ1) is 13.0. The molecular weight excluding hydrogens is 268 g/mol. The Morgan fingerprint density at radius 1 is 1.10 bits per heavy atom. The van der Waals surface area contributed by atoms with Crippen LogP contribution in [-0.4, -0.2) is 14.9 Å². The molecule has 0 spiro atoms. The summed E-state index contributed by atoms with van der Waals surface area (Å²) in [6.07, 6.45) is 4.91. The van der Waals surface area contributed by atoms with Crippen molar-refractivity contribution in [2.75, 3.05) is 5.32 Å². The number of benzene rings is 1. The summed E-state index contributed by atoms with van der Waals surface area (Å²) in [5, 5.41) is 15.6. The molecule has 0 unspecified atom stereocenters. The molecule has 3 rings (SSSR count). The molecule has 0 saturated carbocycles. The van der Waals surface area contributed by atoms with E-state index in [-0.39, 0.29) is 10.6 Å². The molecule has 1 aromatic carbocycles.